The van der Waals surface area contributed by atoms with Crippen LogP contribution in [0.4, 0.5) is 0 Å². The summed E-state index contributed by atoms with van der Waals surface area (Å²) in [5.74, 6) is -4.59. The predicted octanol–water partition coefficient (Wildman–Crippen LogP) is 5.04. The predicted molar refractivity (Wildman–Crippen MR) is 202 cm³/mol. The average Bonchev–Trinajstić information content (AvgIpc) is 3.61. The summed E-state index contributed by atoms with van der Waals surface area (Å²) in [6.07, 6.45) is 4.28. The van der Waals surface area contributed by atoms with Crippen LogP contribution in [-0.2, 0) is 28.7 Å². The maximum atomic E-state index is 14.2. The van der Waals surface area contributed by atoms with Crippen molar-refractivity contribution >= 4 is 40.6 Å². The molecule has 3 amide bonds. The molecule has 5 rings (SSSR count). The number of hydrogen-bond acceptors (Lipinski definition) is 9. The van der Waals surface area contributed by atoms with Gasteiger partial charge >= 0.3 is 11.9 Å². The summed E-state index contributed by atoms with van der Waals surface area (Å²) in [5, 5.41) is 18.7. The van der Waals surface area contributed by atoms with Gasteiger partial charge in [-0.1, -0.05) is 70.4 Å². The van der Waals surface area contributed by atoms with Gasteiger partial charge in [0.1, 0.15) is 35.7 Å². The molecule has 4 N–H and O–H groups in total. The summed E-state index contributed by atoms with van der Waals surface area (Å²) in [6.45, 7) is 5.23. The van der Waals surface area contributed by atoms with Crippen molar-refractivity contribution in [3.8, 4) is 22.8 Å². The fourth-order valence-electron chi connectivity index (χ4n) is 7.62. The number of carboxylic acid groups (broad SMARTS) is 1. The number of fused-ring (bicyclic) bond motifs is 1. The summed E-state index contributed by atoms with van der Waals surface area (Å²) in [6, 6.07) is 13.9. The molecule has 1 heterocycles. The van der Waals surface area contributed by atoms with Crippen LogP contribution in [-0.4, -0.2) is 78.2 Å². The number of amides is 3. The minimum absolute atomic E-state index is 0.0759. The van der Waals surface area contributed by atoms with Gasteiger partial charge in [0.15, 0.2) is 0 Å². The van der Waals surface area contributed by atoms with E-state index in [1.165, 1.54) is 7.11 Å². The first-order valence-corrected chi connectivity index (χ1v) is 18.9. The van der Waals surface area contributed by atoms with Crippen molar-refractivity contribution < 1.29 is 43.3 Å². The Morgan fingerprint density at radius 1 is 0.870 bits per heavy atom. The van der Waals surface area contributed by atoms with E-state index >= 15 is 0 Å². The molecule has 13 heteroatoms. The van der Waals surface area contributed by atoms with Gasteiger partial charge in [-0.25, -0.2) is 14.6 Å². The van der Waals surface area contributed by atoms with Crippen molar-refractivity contribution in [2.45, 2.75) is 96.4 Å². The number of carbonyl (C=O) groups excluding carboxylic acids is 4. The van der Waals surface area contributed by atoms with E-state index in [-0.39, 0.29) is 31.1 Å². The van der Waals surface area contributed by atoms with E-state index in [1.54, 1.807) is 33.9 Å². The maximum Gasteiger partial charge on any atom is 0.328 e. The zero-order chi connectivity index (χ0) is 38.9. The number of hydrogen-bond donors (Lipinski definition) is 4. The molecule has 0 saturated heterocycles. The summed E-state index contributed by atoms with van der Waals surface area (Å²) in [4.78, 5) is 71.3. The normalized spacial score (nSPS) is 20.4. The number of carbonyl (C=O) groups is 5. The lowest BCUT2D eigenvalue weighted by molar-refractivity contribution is -0.147. The van der Waals surface area contributed by atoms with Crippen molar-refractivity contribution in [1.82, 2.24) is 20.9 Å². The second-order valence-electron chi connectivity index (χ2n) is 14.6. The second kappa shape index (κ2) is 18.2. The summed E-state index contributed by atoms with van der Waals surface area (Å²) >= 11 is 0. The highest BCUT2D eigenvalue weighted by Crippen LogP contribution is 2.39. The Bertz CT molecular complexity index is 1810. The fraction of sp³-hybridized carbons (Fsp3) is 0.512. The summed E-state index contributed by atoms with van der Waals surface area (Å²) < 4.78 is 17.1. The van der Waals surface area contributed by atoms with E-state index in [9.17, 15) is 29.1 Å². The highest BCUT2D eigenvalue weighted by molar-refractivity contribution is 5.94. The van der Waals surface area contributed by atoms with Gasteiger partial charge in [0.2, 0.25) is 17.7 Å². The Kier molecular flexibility index (Phi) is 13.5. The molecule has 13 nitrogen and oxygen atoms in total. The molecule has 0 radical (unpaired) electrons. The van der Waals surface area contributed by atoms with Crippen molar-refractivity contribution in [3.05, 3.63) is 54.6 Å². The maximum absolute atomic E-state index is 14.2. The van der Waals surface area contributed by atoms with Crippen LogP contribution in [0.15, 0.2) is 54.6 Å². The van der Waals surface area contributed by atoms with Crippen LogP contribution < -0.4 is 25.4 Å². The van der Waals surface area contributed by atoms with Crippen LogP contribution in [0.25, 0.3) is 22.2 Å². The number of rotatable bonds is 15. The summed E-state index contributed by atoms with van der Waals surface area (Å²) in [5.41, 5.74) is 2.15. The molecular weight excluding hydrogens is 692 g/mol. The first kappa shape index (κ1) is 40.0. The molecule has 2 saturated carbocycles. The third kappa shape index (κ3) is 9.47. The third-order valence-electron chi connectivity index (χ3n) is 10.7. The van der Waals surface area contributed by atoms with Crippen molar-refractivity contribution in [3.63, 3.8) is 0 Å². The molecule has 2 aliphatic rings. The molecule has 2 aromatic carbocycles. The van der Waals surface area contributed by atoms with Gasteiger partial charge in [0.25, 0.3) is 0 Å². The van der Waals surface area contributed by atoms with Crippen LogP contribution in [0.5, 0.6) is 11.5 Å². The molecule has 3 aromatic rings. The highest BCUT2D eigenvalue weighted by atomic mass is 16.5. The molecule has 54 heavy (non-hydrogen) atoms. The smallest absolute Gasteiger partial charge is 0.328 e. The van der Waals surface area contributed by atoms with Crippen LogP contribution in [0, 0.1) is 23.7 Å². The Morgan fingerprint density at radius 2 is 1.54 bits per heavy atom. The first-order chi connectivity index (χ1) is 25.9. The molecule has 2 fully saturated rings. The number of nitrogens with zero attached hydrogens (tertiary/aromatic N) is 1. The topological polar surface area (TPSA) is 182 Å². The molecule has 0 aliphatic heterocycles. The number of esters is 1. The Balaban J connectivity index is 1.42. The Hall–Kier alpha value is -5.20. The monoisotopic (exact) mass is 744 g/mol. The quantitative estimate of drug-likeness (QED) is 0.154. The van der Waals surface area contributed by atoms with Gasteiger partial charge in [0.05, 0.1) is 37.3 Å². The molecular formula is C41H52N4O9. The number of aliphatic carboxylic acids is 1. The lowest BCUT2D eigenvalue weighted by Crippen LogP contribution is -2.57. The van der Waals surface area contributed by atoms with Gasteiger partial charge in [-0.3, -0.25) is 14.4 Å². The highest BCUT2D eigenvalue weighted by Gasteiger charge is 2.46. The van der Waals surface area contributed by atoms with Gasteiger partial charge in [0, 0.05) is 23.1 Å². The summed E-state index contributed by atoms with van der Waals surface area (Å²) in [7, 11) is 2.86. The number of pyridine rings is 1. The zero-order valence-corrected chi connectivity index (χ0v) is 31.6. The molecule has 1 aromatic heterocycles. The Morgan fingerprint density at radius 3 is 2.13 bits per heavy atom. The molecule has 2 aliphatic carbocycles. The molecule has 290 valence electrons. The average molecular weight is 745 g/mol. The molecule has 0 bridgehead atoms. The van der Waals surface area contributed by atoms with Crippen LogP contribution in [0.3, 0.4) is 0 Å². The lowest BCUT2D eigenvalue weighted by atomic mass is 9.83. The first-order valence-electron chi connectivity index (χ1n) is 18.9. The van der Waals surface area contributed by atoms with Crippen LogP contribution >= 0.6 is 0 Å². The zero-order valence-electron chi connectivity index (χ0n) is 31.6. The number of benzene rings is 2. The number of aromatic nitrogens is 1. The van der Waals surface area contributed by atoms with E-state index in [2.05, 4.69) is 16.0 Å². The van der Waals surface area contributed by atoms with Crippen molar-refractivity contribution in [2.75, 3.05) is 14.2 Å². The fourth-order valence-corrected chi connectivity index (χ4v) is 7.62. The number of ether oxygens (including phenoxy) is 3. The van der Waals surface area contributed by atoms with Gasteiger partial charge < -0.3 is 35.3 Å². The number of methoxy groups -OCH3 is 2. The Labute approximate surface area is 315 Å². The van der Waals surface area contributed by atoms with E-state index in [4.69, 9.17) is 19.2 Å². The van der Waals surface area contributed by atoms with Crippen molar-refractivity contribution in [2.24, 2.45) is 23.7 Å². The molecule has 2 unspecified atom stereocenters. The minimum Gasteiger partial charge on any atom is -0.497 e. The second-order valence-corrected chi connectivity index (χ2v) is 14.6. The minimum atomic E-state index is -1.18. The van der Waals surface area contributed by atoms with E-state index < -0.39 is 65.7 Å². The van der Waals surface area contributed by atoms with Gasteiger partial charge in [-0.15, -0.1) is 0 Å². The number of nitrogens with one attached hydrogen (secondary N) is 3. The standard InChI is InChI=1S/C41H52N4O9/c1-6-31(40(49)50)43-37(46)29-19-27(54-34-22-32(24-13-9-7-10-14-24)42-33-21-26(52-4)17-18-28(33)34)20-30(29)38(47)44-35(23(2)3)39(48)45-36(41(51)53-5)25-15-11-8-12-16-25/h7,9-10,13-14,17-18,21-23,25,27,29-31,35-36H,6,8,11-12,15-16,19-20H2,1-5H3,(H,43,46)(H,44,47)(H,45,48)(H,49,50)/t27-,29-,30-,31+,35?,36?/m1/s1. The van der Waals surface area contributed by atoms with Crippen LogP contribution in [0.2, 0.25) is 0 Å². The SMILES string of the molecule is CC[C@H](NC(=O)[C@@H]1C[C@@H](Oc2cc(-c3ccccc3)nc3cc(OC)ccc23)C[C@H]1C(=O)NC(C(=O)NC(C(=O)OC)C1CCCCC1)C(C)C)C(=O)O. The number of carboxylic acids is 1. The van der Waals surface area contributed by atoms with Gasteiger partial charge in [-0.05, 0) is 56.1 Å². The molecule has 0 spiro atoms. The van der Waals surface area contributed by atoms with Crippen molar-refractivity contribution in [1.29, 1.82) is 0 Å². The largest absolute Gasteiger partial charge is 0.497 e. The van der Waals surface area contributed by atoms with E-state index in [1.807, 2.05) is 48.5 Å². The lowest BCUT2D eigenvalue weighted by Gasteiger charge is -2.31. The van der Waals surface area contributed by atoms with Gasteiger partial charge in [-0.2, -0.15) is 0 Å². The van der Waals surface area contributed by atoms with Crippen LogP contribution in [0.1, 0.15) is 72.1 Å². The third-order valence-corrected chi connectivity index (χ3v) is 10.7. The van der Waals surface area contributed by atoms with E-state index in [0.29, 0.717) is 28.1 Å². The molecule has 6 atom stereocenters. The van der Waals surface area contributed by atoms with E-state index in [0.717, 1.165) is 37.7 Å².